The molecular weight excluding hydrogens is 200 g/mol. The fraction of sp³-hybridized carbons (Fsp3) is 0.538. The van der Waals surface area contributed by atoms with Crippen molar-refractivity contribution >= 4 is 5.69 Å². The molecule has 0 spiro atoms. The highest BCUT2D eigenvalue weighted by atomic mass is 16.3. The normalized spacial score (nSPS) is 30.4. The van der Waals surface area contributed by atoms with Gasteiger partial charge in [0, 0.05) is 22.7 Å². The molecule has 2 heterocycles. The topological polar surface area (TPSA) is 44.3 Å². The molecule has 3 nitrogen and oxygen atoms in total. The highest BCUT2D eigenvalue weighted by molar-refractivity contribution is 5.65. The third-order valence-corrected chi connectivity index (χ3v) is 3.98. The SMILES string of the molecule is CC1(C)NCCC2c3c(O)cccc3NC21. The molecule has 0 aromatic heterocycles. The van der Waals surface area contributed by atoms with Crippen LogP contribution in [-0.2, 0) is 0 Å². The number of aromatic hydroxyl groups is 1. The summed E-state index contributed by atoms with van der Waals surface area (Å²) in [5, 5.41) is 17.1. The van der Waals surface area contributed by atoms with Crippen molar-refractivity contribution in [1.29, 1.82) is 0 Å². The van der Waals surface area contributed by atoms with Gasteiger partial charge in [-0.1, -0.05) is 6.07 Å². The number of fused-ring (bicyclic) bond motifs is 3. The first-order valence-corrected chi connectivity index (χ1v) is 5.93. The lowest BCUT2D eigenvalue weighted by Gasteiger charge is -2.41. The van der Waals surface area contributed by atoms with Gasteiger partial charge in [0.2, 0.25) is 0 Å². The molecule has 1 aromatic carbocycles. The molecule has 0 bridgehead atoms. The molecule has 0 amide bonds. The third kappa shape index (κ3) is 1.24. The largest absolute Gasteiger partial charge is 0.508 e. The Labute approximate surface area is 95.9 Å². The van der Waals surface area contributed by atoms with Crippen molar-refractivity contribution in [3.05, 3.63) is 23.8 Å². The van der Waals surface area contributed by atoms with Gasteiger partial charge in [-0.3, -0.25) is 0 Å². The number of hydrogen-bond donors (Lipinski definition) is 3. The fourth-order valence-corrected chi connectivity index (χ4v) is 3.16. The molecule has 3 rings (SSSR count). The summed E-state index contributed by atoms with van der Waals surface area (Å²) >= 11 is 0. The molecule has 1 aromatic rings. The van der Waals surface area contributed by atoms with Crippen LogP contribution in [0.15, 0.2) is 18.2 Å². The first kappa shape index (κ1) is 9.97. The van der Waals surface area contributed by atoms with Gasteiger partial charge in [-0.05, 0) is 38.9 Å². The van der Waals surface area contributed by atoms with Gasteiger partial charge >= 0.3 is 0 Å². The summed E-state index contributed by atoms with van der Waals surface area (Å²) in [5.74, 6) is 0.877. The minimum absolute atomic E-state index is 0.0778. The summed E-state index contributed by atoms with van der Waals surface area (Å²) in [6.45, 7) is 5.46. The van der Waals surface area contributed by atoms with Crippen molar-refractivity contribution in [3.63, 3.8) is 0 Å². The molecule has 16 heavy (non-hydrogen) atoms. The summed E-state index contributed by atoms with van der Waals surface area (Å²) in [6.07, 6.45) is 1.09. The summed E-state index contributed by atoms with van der Waals surface area (Å²) in [4.78, 5) is 0. The van der Waals surface area contributed by atoms with Gasteiger partial charge in [0.1, 0.15) is 5.75 Å². The van der Waals surface area contributed by atoms with E-state index in [2.05, 4.69) is 30.5 Å². The Morgan fingerprint density at radius 3 is 3.00 bits per heavy atom. The van der Waals surface area contributed by atoms with Crippen molar-refractivity contribution in [2.24, 2.45) is 0 Å². The molecule has 3 N–H and O–H groups in total. The second kappa shape index (κ2) is 3.14. The lowest BCUT2D eigenvalue weighted by atomic mass is 9.78. The molecule has 1 fully saturated rings. The molecule has 2 aliphatic heterocycles. The molecule has 86 valence electrons. The van der Waals surface area contributed by atoms with E-state index >= 15 is 0 Å². The summed E-state index contributed by atoms with van der Waals surface area (Å²) in [5.41, 5.74) is 2.29. The van der Waals surface area contributed by atoms with Gasteiger partial charge in [0.25, 0.3) is 0 Å². The standard InChI is InChI=1S/C13H18N2O/c1-13(2)12-8(6-7-14-13)11-9(15-12)4-3-5-10(11)16/h3-5,8,12,14-16H,6-7H2,1-2H3. The zero-order valence-electron chi connectivity index (χ0n) is 9.75. The highest BCUT2D eigenvalue weighted by Gasteiger charge is 2.45. The van der Waals surface area contributed by atoms with Crippen LogP contribution in [0.5, 0.6) is 5.75 Å². The zero-order chi connectivity index (χ0) is 11.3. The maximum absolute atomic E-state index is 9.98. The third-order valence-electron chi connectivity index (χ3n) is 3.98. The van der Waals surface area contributed by atoms with Gasteiger partial charge in [0.15, 0.2) is 0 Å². The van der Waals surface area contributed by atoms with E-state index < -0.39 is 0 Å². The second-order valence-electron chi connectivity index (χ2n) is 5.40. The first-order valence-electron chi connectivity index (χ1n) is 5.93. The van der Waals surface area contributed by atoms with Gasteiger partial charge in [-0.15, -0.1) is 0 Å². The quantitative estimate of drug-likeness (QED) is 0.624. The molecule has 1 saturated heterocycles. The van der Waals surface area contributed by atoms with Crippen LogP contribution < -0.4 is 10.6 Å². The van der Waals surface area contributed by atoms with Crippen molar-refractivity contribution < 1.29 is 5.11 Å². The van der Waals surface area contributed by atoms with Gasteiger partial charge in [-0.2, -0.15) is 0 Å². The first-order chi connectivity index (χ1) is 7.59. The van der Waals surface area contributed by atoms with E-state index in [4.69, 9.17) is 0 Å². The molecule has 0 aliphatic carbocycles. The molecular formula is C13H18N2O. The number of benzene rings is 1. The molecule has 3 heteroatoms. The minimum Gasteiger partial charge on any atom is -0.508 e. The van der Waals surface area contributed by atoms with E-state index in [0.717, 1.165) is 24.2 Å². The Balaban J connectivity index is 2.07. The van der Waals surface area contributed by atoms with Crippen molar-refractivity contribution in [2.75, 3.05) is 11.9 Å². The Bertz CT molecular complexity index is 428. The van der Waals surface area contributed by atoms with E-state index in [1.807, 2.05) is 6.07 Å². The summed E-state index contributed by atoms with van der Waals surface area (Å²) in [6, 6.07) is 6.13. The molecule has 2 aliphatic rings. The molecule has 2 atom stereocenters. The molecule has 2 unspecified atom stereocenters. The van der Waals surface area contributed by atoms with Crippen molar-refractivity contribution in [1.82, 2.24) is 5.32 Å². The predicted molar refractivity (Wildman–Crippen MR) is 65.0 cm³/mol. The minimum atomic E-state index is 0.0778. The molecule has 0 radical (unpaired) electrons. The fourth-order valence-electron chi connectivity index (χ4n) is 3.16. The monoisotopic (exact) mass is 218 g/mol. The van der Waals surface area contributed by atoms with E-state index in [1.165, 1.54) is 0 Å². The van der Waals surface area contributed by atoms with Crippen LogP contribution in [0, 0.1) is 0 Å². The van der Waals surface area contributed by atoms with Crippen LogP contribution in [-0.4, -0.2) is 23.2 Å². The number of anilines is 1. The predicted octanol–water partition coefficient (Wildman–Crippen LogP) is 2.04. The smallest absolute Gasteiger partial charge is 0.121 e. The van der Waals surface area contributed by atoms with E-state index in [1.54, 1.807) is 6.07 Å². The average Bonchev–Trinajstić information content (AvgIpc) is 2.59. The van der Waals surface area contributed by atoms with Crippen LogP contribution in [0.4, 0.5) is 5.69 Å². The average molecular weight is 218 g/mol. The number of phenolic OH excluding ortho intramolecular Hbond substituents is 1. The van der Waals surface area contributed by atoms with Gasteiger partial charge in [-0.25, -0.2) is 0 Å². The molecule has 0 saturated carbocycles. The van der Waals surface area contributed by atoms with Crippen LogP contribution in [0.2, 0.25) is 0 Å². The maximum atomic E-state index is 9.98. The summed E-state index contributed by atoms with van der Waals surface area (Å²) < 4.78 is 0. The van der Waals surface area contributed by atoms with Gasteiger partial charge < -0.3 is 15.7 Å². The Hall–Kier alpha value is -1.22. The van der Waals surface area contributed by atoms with Crippen molar-refractivity contribution in [2.45, 2.75) is 37.8 Å². The maximum Gasteiger partial charge on any atom is 0.121 e. The zero-order valence-corrected chi connectivity index (χ0v) is 9.75. The number of phenols is 1. The van der Waals surface area contributed by atoms with Crippen LogP contribution in [0.25, 0.3) is 0 Å². The Morgan fingerprint density at radius 2 is 2.19 bits per heavy atom. The van der Waals surface area contributed by atoms with E-state index in [9.17, 15) is 5.11 Å². The van der Waals surface area contributed by atoms with E-state index in [-0.39, 0.29) is 5.54 Å². The van der Waals surface area contributed by atoms with Crippen LogP contribution >= 0.6 is 0 Å². The van der Waals surface area contributed by atoms with Crippen LogP contribution in [0.1, 0.15) is 31.7 Å². The lowest BCUT2D eigenvalue weighted by molar-refractivity contribution is 0.254. The number of rotatable bonds is 0. The van der Waals surface area contributed by atoms with E-state index in [0.29, 0.717) is 17.7 Å². The number of hydrogen-bond acceptors (Lipinski definition) is 3. The van der Waals surface area contributed by atoms with Crippen molar-refractivity contribution in [3.8, 4) is 5.75 Å². The number of piperidine rings is 1. The second-order valence-corrected chi connectivity index (χ2v) is 5.40. The Morgan fingerprint density at radius 1 is 1.38 bits per heavy atom. The number of nitrogens with one attached hydrogen (secondary N) is 2. The van der Waals surface area contributed by atoms with Gasteiger partial charge in [0.05, 0.1) is 6.04 Å². The lowest BCUT2D eigenvalue weighted by Crippen LogP contribution is -2.57. The van der Waals surface area contributed by atoms with Crippen LogP contribution in [0.3, 0.4) is 0 Å². The highest BCUT2D eigenvalue weighted by Crippen LogP contribution is 2.47. The summed E-state index contributed by atoms with van der Waals surface area (Å²) in [7, 11) is 0. The Kier molecular flexibility index (Phi) is 1.96.